The van der Waals surface area contributed by atoms with Crippen LogP contribution in [0.25, 0.3) is 11.1 Å². The fourth-order valence-corrected chi connectivity index (χ4v) is 4.97. The number of benzene rings is 2. The summed E-state index contributed by atoms with van der Waals surface area (Å²) in [5.41, 5.74) is 4.98. The Morgan fingerprint density at radius 1 is 1.26 bits per heavy atom. The molecule has 6 heteroatoms. The summed E-state index contributed by atoms with van der Waals surface area (Å²) in [5, 5.41) is 7.67. The molecule has 2 aliphatic rings. The average Bonchev–Trinajstić information content (AvgIpc) is 2.90. The number of rotatable bonds is 2. The molecule has 0 bridgehead atoms. The Morgan fingerprint density at radius 3 is 2.81 bits per heavy atom. The van der Waals surface area contributed by atoms with Crippen LogP contribution in [0.2, 0.25) is 5.02 Å². The molecule has 2 aliphatic heterocycles. The molecule has 2 heterocycles. The van der Waals surface area contributed by atoms with E-state index < -0.39 is 10.0 Å². The summed E-state index contributed by atoms with van der Waals surface area (Å²) in [4.78, 5) is 2.49. The van der Waals surface area contributed by atoms with Crippen LogP contribution in [0.15, 0.2) is 24.3 Å². The third-order valence-corrected chi connectivity index (χ3v) is 6.77. The second kappa shape index (κ2) is 8.96. The third kappa shape index (κ3) is 4.68. The zero-order valence-corrected chi connectivity index (χ0v) is 20.5. The molecule has 166 valence electrons. The second-order valence-electron chi connectivity index (χ2n) is 8.95. The van der Waals surface area contributed by atoms with Crippen molar-refractivity contribution in [2.75, 3.05) is 52.1 Å². The molecule has 0 amide bonds. The Bertz CT molecular complexity index is 1050. The zero-order chi connectivity index (χ0) is 22.2. The van der Waals surface area contributed by atoms with Gasteiger partial charge in [0.25, 0.3) is 0 Å². The number of halogens is 1. The van der Waals surface area contributed by atoms with Crippen LogP contribution in [0, 0.1) is 18.1 Å². The summed E-state index contributed by atoms with van der Waals surface area (Å²) in [6.45, 7) is 6.49. The number of piperazine rings is 1. The molecule has 0 unspecified atom stereocenters. The van der Waals surface area contributed by atoms with Gasteiger partial charge in [-0.2, -0.15) is 10.0 Å². The first kappa shape index (κ1) is 22.4. The Kier molecular flexibility index (Phi) is 6.46. The van der Waals surface area contributed by atoms with Gasteiger partial charge in [0.05, 0.1) is 23.7 Å². The predicted molar refractivity (Wildman–Crippen MR) is 133 cm³/mol. The van der Waals surface area contributed by atoms with E-state index in [0.717, 1.165) is 65.5 Å². The van der Waals surface area contributed by atoms with E-state index in [2.05, 4.69) is 59.2 Å². The number of hydrogen-bond acceptors (Lipinski definition) is 4. The van der Waals surface area contributed by atoms with E-state index in [-0.39, 0.29) is 0 Å². The van der Waals surface area contributed by atoms with Crippen LogP contribution in [0.1, 0.15) is 16.7 Å². The summed E-state index contributed by atoms with van der Waals surface area (Å²) < 4.78 is 12.2. The van der Waals surface area contributed by atoms with Gasteiger partial charge in [-0.3, -0.25) is 4.90 Å². The number of hydrogen-bond donors (Lipinski definition) is 1. The van der Waals surface area contributed by atoms with Gasteiger partial charge < -0.3 is 14.8 Å². The maximum absolute atomic E-state index is 6.98. The van der Waals surface area contributed by atoms with Crippen molar-refractivity contribution in [3.05, 3.63) is 46.0 Å². The molecule has 2 aromatic rings. The van der Waals surface area contributed by atoms with E-state index in [9.17, 15) is 0 Å². The maximum atomic E-state index is 6.98. The lowest BCUT2D eigenvalue weighted by Gasteiger charge is -2.33. The maximum Gasteiger partial charge on any atom is 0.140 e. The van der Waals surface area contributed by atoms with Crippen molar-refractivity contribution in [2.24, 2.45) is 0 Å². The van der Waals surface area contributed by atoms with Crippen LogP contribution < -0.4 is 14.8 Å². The highest BCUT2D eigenvalue weighted by Gasteiger charge is 2.30. The highest BCUT2D eigenvalue weighted by Crippen LogP contribution is 2.45. The minimum absolute atomic E-state index is 0.352. The van der Waals surface area contributed by atoms with Gasteiger partial charge in [0.15, 0.2) is 0 Å². The van der Waals surface area contributed by atoms with E-state index >= 15 is 0 Å². The first-order valence-electron chi connectivity index (χ1n) is 10.6. The molecule has 1 fully saturated rings. The van der Waals surface area contributed by atoms with Gasteiger partial charge in [0.2, 0.25) is 0 Å². The monoisotopic (exact) mass is 458 g/mol. The molecule has 31 heavy (non-hydrogen) atoms. The largest absolute Gasteiger partial charge is 0.496 e. The highest BCUT2D eigenvalue weighted by atomic mass is 35.5. The van der Waals surface area contributed by atoms with Gasteiger partial charge >= 0.3 is 0 Å². The molecule has 0 radical (unpaired) electrons. The molecular formula is C25H31ClN2O2S. The van der Waals surface area contributed by atoms with Gasteiger partial charge in [-0.05, 0) is 48.6 Å². The Balaban J connectivity index is 1.97. The third-order valence-electron chi connectivity index (χ3n) is 5.76. The smallest absolute Gasteiger partial charge is 0.140 e. The van der Waals surface area contributed by atoms with Gasteiger partial charge in [-0.15, -0.1) is 0 Å². The van der Waals surface area contributed by atoms with Crippen molar-refractivity contribution in [3.8, 4) is 33.8 Å². The van der Waals surface area contributed by atoms with Crippen LogP contribution in [0.3, 0.4) is 0 Å². The molecule has 4 rings (SSSR count). The van der Waals surface area contributed by atoms with Crippen molar-refractivity contribution >= 4 is 21.6 Å². The Hall–Kier alpha value is -1.84. The first-order valence-corrected chi connectivity index (χ1v) is 13.8. The summed E-state index contributed by atoms with van der Waals surface area (Å²) in [7, 11) is 0.668. The van der Waals surface area contributed by atoms with Crippen molar-refractivity contribution in [1.29, 1.82) is 0 Å². The van der Waals surface area contributed by atoms with Crippen LogP contribution >= 0.6 is 21.6 Å². The number of fused-ring (bicyclic) bond motifs is 2. The summed E-state index contributed by atoms with van der Waals surface area (Å²) in [6.07, 6.45) is 6.60. The van der Waals surface area contributed by atoms with Crippen molar-refractivity contribution in [2.45, 2.75) is 19.5 Å². The van der Waals surface area contributed by atoms with Gasteiger partial charge in [0, 0.05) is 42.9 Å². The molecule has 1 N–H and O–H groups in total. The SMILES string of the molecule is COc1cccc(C)c1-c1c(Cl)cc2c(c1C#CS(C)(C)C)OC[C@H]1CNCCN1C2. The Labute approximate surface area is 192 Å². The lowest BCUT2D eigenvalue weighted by atomic mass is 9.92. The number of aryl methyl sites for hydroxylation is 1. The van der Waals surface area contributed by atoms with Crippen LogP contribution in [0.5, 0.6) is 11.5 Å². The highest BCUT2D eigenvalue weighted by molar-refractivity contribution is 8.35. The molecule has 1 saturated heterocycles. The molecule has 0 saturated carbocycles. The van der Waals surface area contributed by atoms with Crippen LogP contribution in [0.4, 0.5) is 0 Å². The summed E-state index contributed by atoms with van der Waals surface area (Å²) >= 11 is 6.98. The topological polar surface area (TPSA) is 33.7 Å². The molecule has 1 atom stereocenters. The molecule has 0 aromatic heterocycles. The lowest BCUT2D eigenvalue weighted by Crippen LogP contribution is -2.52. The van der Waals surface area contributed by atoms with E-state index in [1.807, 2.05) is 12.1 Å². The van der Waals surface area contributed by atoms with Crippen LogP contribution in [-0.4, -0.2) is 63.1 Å². The standard InChI is InChI=1S/C25H31ClN2O2S/c1-17-7-6-8-22(29-2)23(17)24-20(9-12-31(3,4)5)25-18(13-21(24)26)15-28-11-10-27-14-19(28)16-30-25/h6-8,13,19,27H,10-11,14-16H2,1-5H3/t19-/m1/s1. The normalized spacial score (nSPS) is 19.2. The number of nitrogens with one attached hydrogen (secondary N) is 1. The fourth-order valence-electron chi connectivity index (χ4n) is 4.24. The van der Waals surface area contributed by atoms with E-state index in [4.69, 9.17) is 21.1 Å². The average molecular weight is 459 g/mol. The quantitative estimate of drug-likeness (QED) is 0.672. The fraction of sp³-hybridized carbons (Fsp3) is 0.440. The summed E-state index contributed by atoms with van der Waals surface area (Å²) in [5.74, 6) is 5.16. The second-order valence-corrected chi connectivity index (χ2v) is 13.2. The molecule has 4 nitrogen and oxygen atoms in total. The van der Waals surface area contributed by atoms with Crippen molar-refractivity contribution in [3.63, 3.8) is 0 Å². The first-order chi connectivity index (χ1) is 14.8. The van der Waals surface area contributed by atoms with Gasteiger partial charge in [-0.1, -0.05) is 29.7 Å². The molecular weight excluding hydrogens is 428 g/mol. The molecule has 0 aliphatic carbocycles. The predicted octanol–water partition coefficient (Wildman–Crippen LogP) is 4.49. The minimum atomic E-state index is -1.03. The zero-order valence-electron chi connectivity index (χ0n) is 19.0. The number of ether oxygens (including phenoxy) is 2. The van der Waals surface area contributed by atoms with Crippen molar-refractivity contribution < 1.29 is 9.47 Å². The lowest BCUT2D eigenvalue weighted by molar-refractivity contribution is 0.120. The van der Waals surface area contributed by atoms with E-state index in [0.29, 0.717) is 17.7 Å². The van der Waals surface area contributed by atoms with Gasteiger partial charge in [0.1, 0.15) is 18.1 Å². The van der Waals surface area contributed by atoms with Gasteiger partial charge in [-0.25, -0.2) is 0 Å². The number of nitrogens with zero attached hydrogens (tertiary/aromatic N) is 1. The van der Waals surface area contributed by atoms with E-state index in [1.54, 1.807) is 7.11 Å². The molecule has 2 aromatic carbocycles. The summed E-state index contributed by atoms with van der Waals surface area (Å²) in [6, 6.07) is 8.48. The van der Waals surface area contributed by atoms with Crippen molar-refractivity contribution in [1.82, 2.24) is 10.2 Å². The van der Waals surface area contributed by atoms with Crippen LogP contribution in [-0.2, 0) is 6.54 Å². The Morgan fingerprint density at radius 2 is 2.06 bits per heavy atom. The minimum Gasteiger partial charge on any atom is -0.496 e. The molecule has 0 spiro atoms. The number of methoxy groups -OCH3 is 1. The van der Waals surface area contributed by atoms with E-state index in [1.165, 1.54) is 0 Å².